The number of hydrogen-bond acceptors (Lipinski definition) is 1. The molecule has 76 valence electrons. The first kappa shape index (κ1) is 9.66. The lowest BCUT2D eigenvalue weighted by molar-refractivity contribution is 0.399. The van der Waals surface area contributed by atoms with Crippen molar-refractivity contribution < 1.29 is 4.39 Å². The number of piperidine rings is 1. The summed E-state index contributed by atoms with van der Waals surface area (Å²) >= 11 is 0. The minimum atomic E-state index is -0.127. The summed E-state index contributed by atoms with van der Waals surface area (Å²) in [6, 6.07) is 7.46. The number of nitrogens with one attached hydrogen (secondary N) is 1. The molecule has 1 N–H and O–H groups in total. The normalized spacial score (nSPS) is 22.2. The maximum Gasteiger partial charge on any atom is 0.123 e. The maximum atomic E-state index is 12.9. The fraction of sp³-hybridized carbons (Fsp3) is 0.500. The highest BCUT2D eigenvalue weighted by Gasteiger charge is 2.12. The highest BCUT2D eigenvalue weighted by Crippen LogP contribution is 2.13. The van der Waals surface area contributed by atoms with Crippen molar-refractivity contribution in [3.8, 4) is 0 Å². The summed E-state index contributed by atoms with van der Waals surface area (Å²) in [5.74, 6) is -0.127. The molecule has 1 aromatic rings. The van der Waals surface area contributed by atoms with Gasteiger partial charge in [0.1, 0.15) is 5.82 Å². The van der Waals surface area contributed by atoms with Gasteiger partial charge in [0.15, 0.2) is 0 Å². The molecule has 1 atom stereocenters. The smallest absolute Gasteiger partial charge is 0.123 e. The first-order chi connectivity index (χ1) is 6.84. The molecule has 0 amide bonds. The van der Waals surface area contributed by atoms with E-state index in [9.17, 15) is 4.39 Å². The summed E-state index contributed by atoms with van der Waals surface area (Å²) in [7, 11) is 0. The van der Waals surface area contributed by atoms with Crippen LogP contribution in [0.5, 0.6) is 0 Å². The zero-order valence-corrected chi connectivity index (χ0v) is 8.30. The average Bonchev–Trinajstić information content (AvgIpc) is 2.19. The van der Waals surface area contributed by atoms with Crippen LogP contribution in [0.4, 0.5) is 4.39 Å². The van der Waals surface area contributed by atoms with E-state index in [1.165, 1.54) is 25.3 Å². The van der Waals surface area contributed by atoms with Crippen LogP contribution in [0.25, 0.3) is 0 Å². The second-order valence-corrected chi connectivity index (χ2v) is 3.98. The Hall–Kier alpha value is -0.890. The highest BCUT2D eigenvalue weighted by molar-refractivity contribution is 5.17. The van der Waals surface area contributed by atoms with Gasteiger partial charge in [0.25, 0.3) is 0 Å². The van der Waals surface area contributed by atoms with Crippen molar-refractivity contribution in [3.63, 3.8) is 0 Å². The predicted molar refractivity (Wildman–Crippen MR) is 55.7 cm³/mol. The van der Waals surface area contributed by atoms with Gasteiger partial charge in [0, 0.05) is 6.04 Å². The van der Waals surface area contributed by atoms with E-state index >= 15 is 0 Å². The molecule has 1 aliphatic heterocycles. The Morgan fingerprint density at radius 3 is 3.00 bits per heavy atom. The molecule has 2 heteroatoms. The van der Waals surface area contributed by atoms with Gasteiger partial charge in [-0.3, -0.25) is 0 Å². The average molecular weight is 193 g/mol. The lowest BCUT2D eigenvalue weighted by atomic mass is 9.98. The van der Waals surface area contributed by atoms with Crippen molar-refractivity contribution in [2.45, 2.75) is 31.7 Å². The van der Waals surface area contributed by atoms with Crippen molar-refractivity contribution in [1.29, 1.82) is 0 Å². The molecule has 1 heterocycles. The molecule has 0 aromatic heterocycles. The molecule has 0 radical (unpaired) electrons. The van der Waals surface area contributed by atoms with Crippen molar-refractivity contribution in [1.82, 2.24) is 5.32 Å². The molecule has 1 aromatic carbocycles. The second-order valence-electron chi connectivity index (χ2n) is 3.98. The van der Waals surface area contributed by atoms with E-state index in [0.29, 0.717) is 6.04 Å². The number of rotatable bonds is 2. The molecule has 0 bridgehead atoms. The molecule has 0 unspecified atom stereocenters. The van der Waals surface area contributed by atoms with Gasteiger partial charge in [-0.25, -0.2) is 4.39 Å². The Morgan fingerprint density at radius 2 is 2.29 bits per heavy atom. The Kier molecular flexibility index (Phi) is 3.14. The zero-order valence-electron chi connectivity index (χ0n) is 8.30. The Bertz CT molecular complexity index is 292. The Balaban J connectivity index is 1.95. The lowest BCUT2D eigenvalue weighted by Gasteiger charge is -2.23. The molecule has 1 aliphatic rings. The van der Waals surface area contributed by atoms with Crippen LogP contribution in [-0.2, 0) is 6.42 Å². The van der Waals surface area contributed by atoms with Crippen LogP contribution in [-0.4, -0.2) is 12.6 Å². The van der Waals surface area contributed by atoms with Crippen LogP contribution in [0.3, 0.4) is 0 Å². The topological polar surface area (TPSA) is 12.0 Å². The van der Waals surface area contributed by atoms with E-state index in [1.54, 1.807) is 12.1 Å². The molecule has 14 heavy (non-hydrogen) atoms. The fourth-order valence-corrected chi connectivity index (χ4v) is 2.05. The van der Waals surface area contributed by atoms with E-state index in [-0.39, 0.29) is 5.82 Å². The van der Waals surface area contributed by atoms with Gasteiger partial charge in [-0.05, 0) is 43.5 Å². The molecule has 0 saturated carbocycles. The van der Waals surface area contributed by atoms with Crippen LogP contribution < -0.4 is 5.32 Å². The molecule has 0 spiro atoms. The molecule has 1 nitrogen and oxygen atoms in total. The van der Waals surface area contributed by atoms with Gasteiger partial charge in [-0.2, -0.15) is 0 Å². The van der Waals surface area contributed by atoms with E-state index < -0.39 is 0 Å². The van der Waals surface area contributed by atoms with Crippen LogP contribution in [0, 0.1) is 5.82 Å². The van der Waals surface area contributed by atoms with Gasteiger partial charge < -0.3 is 5.32 Å². The van der Waals surface area contributed by atoms with Gasteiger partial charge in [0.2, 0.25) is 0 Å². The third kappa shape index (κ3) is 2.55. The first-order valence-electron chi connectivity index (χ1n) is 5.32. The van der Waals surface area contributed by atoms with Crippen molar-refractivity contribution in [3.05, 3.63) is 35.6 Å². The quantitative estimate of drug-likeness (QED) is 0.761. The zero-order chi connectivity index (χ0) is 9.80. The summed E-state index contributed by atoms with van der Waals surface area (Å²) in [5, 5.41) is 3.46. The van der Waals surface area contributed by atoms with Gasteiger partial charge in [-0.15, -0.1) is 0 Å². The van der Waals surface area contributed by atoms with Crippen LogP contribution in [0.2, 0.25) is 0 Å². The summed E-state index contributed by atoms with van der Waals surface area (Å²) in [6.07, 6.45) is 4.75. The summed E-state index contributed by atoms with van der Waals surface area (Å²) in [6.45, 7) is 1.11. The molecule has 2 rings (SSSR count). The first-order valence-corrected chi connectivity index (χ1v) is 5.32. The number of hydrogen-bond donors (Lipinski definition) is 1. The van der Waals surface area contributed by atoms with Crippen molar-refractivity contribution in [2.75, 3.05) is 6.54 Å². The summed E-state index contributed by atoms with van der Waals surface area (Å²) in [4.78, 5) is 0. The minimum absolute atomic E-state index is 0.127. The Morgan fingerprint density at radius 1 is 1.36 bits per heavy atom. The van der Waals surface area contributed by atoms with Crippen molar-refractivity contribution in [2.24, 2.45) is 0 Å². The van der Waals surface area contributed by atoms with E-state index in [0.717, 1.165) is 18.5 Å². The number of benzene rings is 1. The van der Waals surface area contributed by atoms with Crippen LogP contribution in [0.1, 0.15) is 24.8 Å². The predicted octanol–water partition coefficient (Wildman–Crippen LogP) is 2.51. The van der Waals surface area contributed by atoms with E-state index in [2.05, 4.69) is 5.32 Å². The fourth-order valence-electron chi connectivity index (χ4n) is 2.05. The second kappa shape index (κ2) is 4.56. The van der Waals surface area contributed by atoms with Gasteiger partial charge in [-0.1, -0.05) is 18.6 Å². The third-order valence-corrected chi connectivity index (χ3v) is 2.78. The monoisotopic (exact) mass is 193 g/mol. The number of halogens is 1. The van der Waals surface area contributed by atoms with E-state index in [1.807, 2.05) is 6.07 Å². The maximum absolute atomic E-state index is 12.9. The van der Waals surface area contributed by atoms with Crippen LogP contribution >= 0.6 is 0 Å². The molecular weight excluding hydrogens is 177 g/mol. The SMILES string of the molecule is Fc1cccc(C[C@H]2CCCCN2)c1. The summed E-state index contributed by atoms with van der Waals surface area (Å²) < 4.78 is 12.9. The lowest BCUT2D eigenvalue weighted by Crippen LogP contribution is -2.35. The van der Waals surface area contributed by atoms with E-state index in [4.69, 9.17) is 0 Å². The molecule has 0 aliphatic carbocycles. The van der Waals surface area contributed by atoms with Crippen molar-refractivity contribution >= 4 is 0 Å². The van der Waals surface area contributed by atoms with Gasteiger partial charge >= 0.3 is 0 Å². The molecule has 1 fully saturated rings. The molecule has 1 saturated heterocycles. The highest BCUT2D eigenvalue weighted by atomic mass is 19.1. The Labute approximate surface area is 84.3 Å². The summed E-state index contributed by atoms with van der Waals surface area (Å²) in [5.41, 5.74) is 1.10. The largest absolute Gasteiger partial charge is 0.314 e. The standard InChI is InChI=1S/C12H16FN/c13-11-5-3-4-10(8-11)9-12-6-1-2-7-14-12/h3-5,8,12,14H,1-2,6-7,9H2/t12-/m1/s1. The van der Waals surface area contributed by atoms with Crippen LogP contribution in [0.15, 0.2) is 24.3 Å². The van der Waals surface area contributed by atoms with Gasteiger partial charge in [0.05, 0.1) is 0 Å². The minimum Gasteiger partial charge on any atom is -0.314 e. The third-order valence-electron chi connectivity index (χ3n) is 2.78. The molecular formula is C12H16FN.